The van der Waals surface area contributed by atoms with Crippen LogP contribution in [0.3, 0.4) is 0 Å². The van der Waals surface area contributed by atoms with Gasteiger partial charge in [0.15, 0.2) is 0 Å². The fourth-order valence-corrected chi connectivity index (χ4v) is 3.74. The van der Waals surface area contributed by atoms with Crippen molar-refractivity contribution in [3.8, 4) is 0 Å². The van der Waals surface area contributed by atoms with Crippen LogP contribution in [0.2, 0.25) is 0 Å². The third-order valence-electron chi connectivity index (χ3n) is 4.67. The molecule has 0 atom stereocenters. The smallest absolute Gasteiger partial charge is 0.238 e. The maximum Gasteiger partial charge on any atom is 0.238 e. The maximum absolute atomic E-state index is 12.3. The van der Waals surface area contributed by atoms with Gasteiger partial charge in [0.25, 0.3) is 0 Å². The first-order valence-electron chi connectivity index (χ1n) is 9.06. The second kappa shape index (κ2) is 9.21. The lowest BCUT2D eigenvalue weighted by atomic mass is 10.1. The van der Waals surface area contributed by atoms with Crippen molar-refractivity contribution in [1.29, 1.82) is 0 Å². The van der Waals surface area contributed by atoms with Crippen molar-refractivity contribution in [3.63, 3.8) is 0 Å². The molecule has 26 heavy (non-hydrogen) atoms. The maximum atomic E-state index is 12.3. The summed E-state index contributed by atoms with van der Waals surface area (Å²) in [6, 6.07) is 16.7. The Morgan fingerprint density at radius 2 is 1.77 bits per heavy atom. The second-order valence-corrected chi connectivity index (χ2v) is 7.70. The van der Waals surface area contributed by atoms with E-state index in [0.717, 1.165) is 43.3 Å². The summed E-state index contributed by atoms with van der Waals surface area (Å²) < 4.78 is 0. The zero-order chi connectivity index (χ0) is 18.4. The Balaban J connectivity index is 1.44. The summed E-state index contributed by atoms with van der Waals surface area (Å²) >= 11 is 1.68. The van der Waals surface area contributed by atoms with E-state index < -0.39 is 0 Å². The summed E-state index contributed by atoms with van der Waals surface area (Å²) in [4.78, 5) is 18.2. The number of aryl methyl sites for hydroxylation is 1. The van der Waals surface area contributed by atoms with Gasteiger partial charge in [-0.25, -0.2) is 0 Å². The number of anilines is 1. The molecule has 1 amide bonds. The molecule has 1 aliphatic heterocycles. The molecule has 0 bridgehead atoms. The van der Waals surface area contributed by atoms with Gasteiger partial charge < -0.3 is 5.32 Å². The minimum Gasteiger partial charge on any atom is -0.325 e. The largest absolute Gasteiger partial charge is 0.325 e. The fraction of sp³-hybridized carbons (Fsp3) is 0.381. The molecule has 4 nitrogen and oxygen atoms in total. The van der Waals surface area contributed by atoms with E-state index in [-0.39, 0.29) is 5.91 Å². The van der Waals surface area contributed by atoms with Gasteiger partial charge in [-0.3, -0.25) is 14.6 Å². The molecule has 2 aromatic carbocycles. The number of rotatable bonds is 6. The van der Waals surface area contributed by atoms with Gasteiger partial charge in [0.05, 0.1) is 6.54 Å². The van der Waals surface area contributed by atoms with E-state index in [0.29, 0.717) is 6.54 Å². The topological polar surface area (TPSA) is 35.6 Å². The average molecular weight is 370 g/mol. The first kappa shape index (κ1) is 19.0. The molecule has 3 rings (SSSR count). The van der Waals surface area contributed by atoms with Gasteiger partial charge >= 0.3 is 0 Å². The van der Waals surface area contributed by atoms with Crippen LogP contribution in [0.1, 0.15) is 11.1 Å². The van der Waals surface area contributed by atoms with Crippen LogP contribution in [0.4, 0.5) is 5.69 Å². The molecule has 1 fully saturated rings. The summed E-state index contributed by atoms with van der Waals surface area (Å²) in [5.74, 6) is 0.0652. The highest BCUT2D eigenvalue weighted by molar-refractivity contribution is 7.98. The molecule has 1 aliphatic rings. The molecular weight excluding hydrogens is 342 g/mol. The number of hydrogen-bond acceptors (Lipinski definition) is 4. The molecule has 5 heteroatoms. The zero-order valence-electron chi connectivity index (χ0n) is 15.6. The predicted octanol–water partition coefficient (Wildman–Crippen LogP) is 3.47. The summed E-state index contributed by atoms with van der Waals surface area (Å²) in [5.41, 5.74) is 3.55. The Hall–Kier alpha value is -1.82. The number of amides is 1. The SMILES string of the molecule is CSc1cccc(NC(=O)CN2CCN(Cc3cccc(C)c3)CC2)c1. The normalized spacial score (nSPS) is 15.8. The van der Waals surface area contributed by atoms with Crippen molar-refractivity contribution in [2.24, 2.45) is 0 Å². The lowest BCUT2D eigenvalue weighted by Crippen LogP contribution is -2.48. The molecule has 1 heterocycles. The molecule has 0 spiro atoms. The van der Waals surface area contributed by atoms with Crippen molar-refractivity contribution in [1.82, 2.24) is 9.80 Å². The van der Waals surface area contributed by atoms with Crippen LogP contribution in [-0.4, -0.2) is 54.7 Å². The first-order valence-corrected chi connectivity index (χ1v) is 10.3. The molecule has 0 aromatic heterocycles. The molecule has 0 saturated carbocycles. The second-order valence-electron chi connectivity index (χ2n) is 6.82. The average Bonchev–Trinajstić information content (AvgIpc) is 2.63. The fourth-order valence-electron chi connectivity index (χ4n) is 3.28. The Morgan fingerprint density at radius 1 is 1.04 bits per heavy atom. The van der Waals surface area contributed by atoms with E-state index >= 15 is 0 Å². The van der Waals surface area contributed by atoms with Crippen LogP contribution in [0.15, 0.2) is 53.4 Å². The predicted molar refractivity (Wildman–Crippen MR) is 110 cm³/mol. The van der Waals surface area contributed by atoms with Crippen molar-refractivity contribution >= 4 is 23.4 Å². The Kier molecular flexibility index (Phi) is 6.72. The summed E-state index contributed by atoms with van der Waals surface area (Å²) in [5, 5.41) is 3.01. The summed E-state index contributed by atoms with van der Waals surface area (Å²) in [6.07, 6.45) is 2.04. The molecule has 138 valence electrons. The number of carbonyl (C=O) groups is 1. The number of thioether (sulfide) groups is 1. The standard InChI is InChI=1S/C21H27N3OS/c1-17-5-3-6-18(13-17)15-23-9-11-24(12-10-23)16-21(25)22-19-7-4-8-20(14-19)26-2/h3-8,13-14H,9-12,15-16H2,1-2H3,(H,22,25). The van der Waals surface area contributed by atoms with Gasteiger partial charge in [0, 0.05) is 43.3 Å². The van der Waals surface area contributed by atoms with E-state index in [9.17, 15) is 4.79 Å². The molecule has 2 aromatic rings. The van der Waals surface area contributed by atoms with Gasteiger partial charge in [-0.2, -0.15) is 0 Å². The molecule has 0 unspecified atom stereocenters. The van der Waals surface area contributed by atoms with Crippen LogP contribution in [0.25, 0.3) is 0 Å². The number of piperazine rings is 1. The van der Waals surface area contributed by atoms with E-state index in [1.165, 1.54) is 11.1 Å². The first-order chi connectivity index (χ1) is 12.6. The Bertz CT molecular complexity index is 742. The lowest BCUT2D eigenvalue weighted by Gasteiger charge is -2.34. The Morgan fingerprint density at radius 3 is 2.50 bits per heavy atom. The quantitative estimate of drug-likeness (QED) is 0.791. The van der Waals surface area contributed by atoms with E-state index in [4.69, 9.17) is 0 Å². The highest BCUT2D eigenvalue weighted by Crippen LogP contribution is 2.19. The van der Waals surface area contributed by atoms with Crippen molar-refractivity contribution in [2.45, 2.75) is 18.4 Å². The van der Waals surface area contributed by atoms with Crippen LogP contribution >= 0.6 is 11.8 Å². The minimum absolute atomic E-state index is 0.0652. The molecule has 0 radical (unpaired) electrons. The molecule has 1 N–H and O–H groups in total. The van der Waals surface area contributed by atoms with Crippen LogP contribution in [-0.2, 0) is 11.3 Å². The van der Waals surface area contributed by atoms with Crippen molar-refractivity contribution in [2.75, 3.05) is 44.3 Å². The van der Waals surface area contributed by atoms with Crippen molar-refractivity contribution < 1.29 is 4.79 Å². The number of hydrogen-bond donors (Lipinski definition) is 1. The highest BCUT2D eigenvalue weighted by atomic mass is 32.2. The van der Waals surface area contributed by atoms with Gasteiger partial charge in [-0.05, 0) is 36.9 Å². The van der Waals surface area contributed by atoms with Crippen LogP contribution in [0, 0.1) is 6.92 Å². The van der Waals surface area contributed by atoms with Gasteiger partial charge in [-0.1, -0.05) is 35.9 Å². The van der Waals surface area contributed by atoms with E-state index in [2.05, 4.69) is 46.3 Å². The number of benzene rings is 2. The third-order valence-corrected chi connectivity index (χ3v) is 5.40. The molecular formula is C21H27N3OS. The van der Waals surface area contributed by atoms with Gasteiger partial charge in [0.2, 0.25) is 5.91 Å². The van der Waals surface area contributed by atoms with Crippen LogP contribution in [0.5, 0.6) is 0 Å². The van der Waals surface area contributed by atoms with E-state index in [1.807, 2.05) is 30.5 Å². The number of nitrogens with zero attached hydrogens (tertiary/aromatic N) is 2. The van der Waals surface area contributed by atoms with E-state index in [1.54, 1.807) is 11.8 Å². The lowest BCUT2D eigenvalue weighted by molar-refractivity contribution is -0.117. The third kappa shape index (κ3) is 5.59. The monoisotopic (exact) mass is 369 g/mol. The van der Waals surface area contributed by atoms with Gasteiger partial charge in [-0.15, -0.1) is 11.8 Å². The van der Waals surface area contributed by atoms with Crippen LogP contribution < -0.4 is 5.32 Å². The molecule has 0 aliphatic carbocycles. The highest BCUT2D eigenvalue weighted by Gasteiger charge is 2.19. The Labute approximate surface area is 160 Å². The minimum atomic E-state index is 0.0652. The van der Waals surface area contributed by atoms with Gasteiger partial charge in [0.1, 0.15) is 0 Å². The number of nitrogens with one attached hydrogen (secondary N) is 1. The zero-order valence-corrected chi connectivity index (χ0v) is 16.4. The summed E-state index contributed by atoms with van der Waals surface area (Å²) in [6.45, 7) is 7.46. The van der Waals surface area contributed by atoms with Crippen molar-refractivity contribution in [3.05, 3.63) is 59.7 Å². The molecule has 1 saturated heterocycles. The number of carbonyl (C=O) groups excluding carboxylic acids is 1. The summed E-state index contributed by atoms with van der Waals surface area (Å²) in [7, 11) is 0.